The first-order valence-corrected chi connectivity index (χ1v) is 7.54. The van der Waals surface area contributed by atoms with Gasteiger partial charge in [-0.3, -0.25) is 0 Å². The van der Waals surface area contributed by atoms with E-state index >= 15 is 0 Å². The molecule has 18 heavy (non-hydrogen) atoms. The van der Waals surface area contributed by atoms with Crippen LogP contribution in [-0.4, -0.2) is 14.0 Å². The molecular formula is C13H22N2O2S. The van der Waals surface area contributed by atoms with Crippen LogP contribution in [0.3, 0.4) is 0 Å². The lowest BCUT2D eigenvalue weighted by Crippen LogP contribution is -2.42. The van der Waals surface area contributed by atoms with Gasteiger partial charge in [0.25, 0.3) is 0 Å². The molecule has 0 radical (unpaired) electrons. The summed E-state index contributed by atoms with van der Waals surface area (Å²) in [5, 5.41) is 0. The second-order valence-electron chi connectivity index (χ2n) is 5.09. The molecule has 5 heteroatoms. The van der Waals surface area contributed by atoms with E-state index in [-0.39, 0.29) is 0 Å². The van der Waals surface area contributed by atoms with Crippen molar-refractivity contribution in [2.24, 2.45) is 5.73 Å². The Morgan fingerprint density at radius 2 is 1.94 bits per heavy atom. The van der Waals surface area contributed by atoms with Crippen LogP contribution in [0.15, 0.2) is 23.1 Å². The smallest absolute Gasteiger partial charge is 0.241 e. The van der Waals surface area contributed by atoms with Crippen LogP contribution in [0.1, 0.15) is 38.3 Å². The van der Waals surface area contributed by atoms with Crippen molar-refractivity contribution < 1.29 is 8.42 Å². The summed E-state index contributed by atoms with van der Waals surface area (Å²) in [5.41, 5.74) is 6.72. The quantitative estimate of drug-likeness (QED) is 0.858. The number of nitrogens with two attached hydrogens (primary N) is 1. The van der Waals surface area contributed by atoms with Gasteiger partial charge in [-0.15, -0.1) is 0 Å². The predicted molar refractivity (Wildman–Crippen MR) is 73.8 cm³/mol. The summed E-state index contributed by atoms with van der Waals surface area (Å²) < 4.78 is 27.4. The molecular weight excluding hydrogens is 248 g/mol. The first kappa shape index (κ1) is 15.1. The highest BCUT2D eigenvalue weighted by molar-refractivity contribution is 7.89. The average Bonchev–Trinajstić information content (AvgIpc) is 2.27. The fourth-order valence-corrected chi connectivity index (χ4v) is 3.44. The van der Waals surface area contributed by atoms with Crippen molar-refractivity contribution in [3.8, 4) is 0 Å². The summed E-state index contributed by atoms with van der Waals surface area (Å²) in [4.78, 5) is 0.312. The van der Waals surface area contributed by atoms with E-state index in [1.165, 1.54) is 0 Å². The molecule has 3 N–H and O–H groups in total. The van der Waals surface area contributed by atoms with Crippen LogP contribution in [0.2, 0.25) is 0 Å². The molecule has 0 fully saturated rings. The van der Waals surface area contributed by atoms with Crippen LogP contribution in [0.4, 0.5) is 0 Å². The minimum Gasteiger partial charge on any atom is -0.326 e. The van der Waals surface area contributed by atoms with E-state index in [1.54, 1.807) is 19.1 Å². The SMILES string of the molecule is CCC(C)(C)NS(=O)(=O)c1cccc(CN)c1C. The van der Waals surface area contributed by atoms with Gasteiger partial charge in [0, 0.05) is 12.1 Å². The highest BCUT2D eigenvalue weighted by Crippen LogP contribution is 2.21. The Morgan fingerprint density at radius 3 is 2.44 bits per heavy atom. The van der Waals surface area contributed by atoms with Crippen molar-refractivity contribution >= 4 is 10.0 Å². The lowest BCUT2D eigenvalue weighted by Gasteiger charge is -2.25. The largest absolute Gasteiger partial charge is 0.326 e. The third-order valence-corrected chi connectivity index (χ3v) is 5.04. The van der Waals surface area contributed by atoms with Gasteiger partial charge in [0.1, 0.15) is 0 Å². The molecule has 102 valence electrons. The maximum Gasteiger partial charge on any atom is 0.241 e. The number of rotatable bonds is 5. The van der Waals surface area contributed by atoms with E-state index in [0.29, 0.717) is 11.4 Å². The number of hydrogen-bond acceptors (Lipinski definition) is 3. The predicted octanol–water partition coefficient (Wildman–Crippen LogP) is 1.92. The van der Waals surface area contributed by atoms with Crippen molar-refractivity contribution in [2.45, 2.75) is 51.1 Å². The van der Waals surface area contributed by atoms with Gasteiger partial charge < -0.3 is 5.73 Å². The van der Waals surface area contributed by atoms with Gasteiger partial charge in [-0.05, 0) is 44.4 Å². The van der Waals surface area contributed by atoms with Crippen molar-refractivity contribution in [1.82, 2.24) is 4.72 Å². The van der Waals surface area contributed by atoms with Gasteiger partial charge in [-0.1, -0.05) is 19.1 Å². The summed E-state index contributed by atoms with van der Waals surface area (Å²) in [6.45, 7) is 7.81. The molecule has 1 aromatic rings. The van der Waals surface area contributed by atoms with Gasteiger partial charge in [0.15, 0.2) is 0 Å². The fourth-order valence-electron chi connectivity index (χ4n) is 1.66. The normalized spacial score (nSPS) is 12.7. The number of benzene rings is 1. The standard InChI is InChI=1S/C13H22N2O2S/c1-5-13(3,4)15-18(16,17)12-8-6-7-11(9-14)10(12)2/h6-8,15H,5,9,14H2,1-4H3. The zero-order valence-electron chi connectivity index (χ0n) is 11.4. The van der Waals surface area contributed by atoms with E-state index in [4.69, 9.17) is 5.73 Å². The van der Waals surface area contributed by atoms with Crippen LogP contribution >= 0.6 is 0 Å². The van der Waals surface area contributed by atoms with Crippen LogP contribution in [0.5, 0.6) is 0 Å². The molecule has 0 atom stereocenters. The van der Waals surface area contributed by atoms with Crippen molar-refractivity contribution in [2.75, 3.05) is 0 Å². The van der Waals surface area contributed by atoms with E-state index in [1.807, 2.05) is 26.8 Å². The Balaban J connectivity index is 3.22. The van der Waals surface area contributed by atoms with Crippen LogP contribution < -0.4 is 10.5 Å². The summed E-state index contributed by atoms with van der Waals surface area (Å²) in [6, 6.07) is 5.19. The Morgan fingerprint density at radius 1 is 1.33 bits per heavy atom. The zero-order chi connectivity index (χ0) is 14.0. The molecule has 0 spiro atoms. The maximum atomic E-state index is 12.3. The Hall–Kier alpha value is -0.910. The zero-order valence-corrected chi connectivity index (χ0v) is 12.3. The second-order valence-corrected chi connectivity index (χ2v) is 6.74. The lowest BCUT2D eigenvalue weighted by molar-refractivity contribution is 0.439. The molecule has 0 unspecified atom stereocenters. The van der Waals surface area contributed by atoms with Crippen molar-refractivity contribution in [3.05, 3.63) is 29.3 Å². The first-order valence-electron chi connectivity index (χ1n) is 6.06. The highest BCUT2D eigenvalue weighted by atomic mass is 32.2. The van der Waals surface area contributed by atoms with Crippen LogP contribution in [-0.2, 0) is 16.6 Å². The molecule has 0 heterocycles. The summed E-state index contributed by atoms with van der Waals surface area (Å²) >= 11 is 0. The number of hydrogen-bond donors (Lipinski definition) is 2. The van der Waals surface area contributed by atoms with Crippen molar-refractivity contribution in [1.29, 1.82) is 0 Å². The third-order valence-electron chi connectivity index (χ3n) is 3.20. The average molecular weight is 270 g/mol. The van der Waals surface area contributed by atoms with Crippen LogP contribution in [0, 0.1) is 6.92 Å². The third kappa shape index (κ3) is 3.31. The lowest BCUT2D eigenvalue weighted by atomic mass is 10.0. The molecule has 0 aliphatic rings. The topological polar surface area (TPSA) is 72.2 Å². The first-order chi connectivity index (χ1) is 8.23. The van der Waals surface area contributed by atoms with E-state index < -0.39 is 15.6 Å². The highest BCUT2D eigenvalue weighted by Gasteiger charge is 2.26. The summed E-state index contributed by atoms with van der Waals surface area (Å²) in [5.74, 6) is 0. The fraction of sp³-hybridized carbons (Fsp3) is 0.538. The van der Waals surface area contributed by atoms with E-state index in [9.17, 15) is 8.42 Å². The minimum absolute atomic E-state index is 0.312. The molecule has 0 amide bonds. The molecule has 0 saturated heterocycles. The molecule has 1 aromatic carbocycles. The Bertz CT molecular complexity index is 522. The Kier molecular flexibility index (Phi) is 4.53. The molecule has 4 nitrogen and oxygen atoms in total. The molecule has 0 bridgehead atoms. The van der Waals surface area contributed by atoms with E-state index in [0.717, 1.165) is 17.5 Å². The summed E-state index contributed by atoms with van der Waals surface area (Å²) in [6.07, 6.45) is 0.724. The molecule has 1 rings (SSSR count). The molecule has 0 aliphatic carbocycles. The summed E-state index contributed by atoms with van der Waals surface area (Å²) in [7, 11) is -3.50. The van der Waals surface area contributed by atoms with E-state index in [2.05, 4.69) is 4.72 Å². The molecule has 0 aromatic heterocycles. The Labute approximate surface area is 110 Å². The number of sulfonamides is 1. The minimum atomic E-state index is -3.50. The number of nitrogens with one attached hydrogen (secondary N) is 1. The second kappa shape index (κ2) is 5.38. The van der Waals surface area contributed by atoms with Gasteiger partial charge in [-0.25, -0.2) is 13.1 Å². The van der Waals surface area contributed by atoms with Gasteiger partial charge in [0.05, 0.1) is 4.90 Å². The monoisotopic (exact) mass is 270 g/mol. The molecule has 0 aliphatic heterocycles. The van der Waals surface area contributed by atoms with Crippen LogP contribution in [0.25, 0.3) is 0 Å². The van der Waals surface area contributed by atoms with Gasteiger partial charge in [0.2, 0.25) is 10.0 Å². The van der Waals surface area contributed by atoms with Gasteiger partial charge in [-0.2, -0.15) is 0 Å². The molecule has 0 saturated carbocycles. The van der Waals surface area contributed by atoms with Crippen molar-refractivity contribution in [3.63, 3.8) is 0 Å². The maximum absolute atomic E-state index is 12.3. The van der Waals surface area contributed by atoms with Gasteiger partial charge >= 0.3 is 0 Å².